The Kier molecular flexibility index (Phi) is 4.79. The number of nitrogens with zero attached hydrogens (tertiary/aromatic N) is 1. The maximum absolute atomic E-state index is 12.7. The number of fused-ring (bicyclic) bond motifs is 3. The summed E-state index contributed by atoms with van der Waals surface area (Å²) >= 11 is 1.32. The average Bonchev–Trinajstić information content (AvgIpc) is 2.95. The van der Waals surface area contributed by atoms with Crippen LogP contribution in [0.25, 0.3) is 22.0 Å². The Bertz CT molecular complexity index is 1060. The van der Waals surface area contributed by atoms with Gasteiger partial charge in [0.2, 0.25) is 5.12 Å². The fourth-order valence-electron chi connectivity index (χ4n) is 3.70. The van der Waals surface area contributed by atoms with E-state index in [2.05, 4.69) is 18.2 Å². The molecule has 0 fully saturated rings. The van der Waals surface area contributed by atoms with Crippen molar-refractivity contribution in [3.63, 3.8) is 0 Å². The van der Waals surface area contributed by atoms with Gasteiger partial charge in [-0.2, -0.15) is 0 Å². The van der Waals surface area contributed by atoms with Crippen LogP contribution in [0.4, 0.5) is 0 Å². The molecule has 0 aliphatic carbocycles. The summed E-state index contributed by atoms with van der Waals surface area (Å²) in [7, 11) is 0. The smallest absolute Gasteiger partial charge is 0.326 e. The lowest BCUT2D eigenvalue weighted by molar-refractivity contribution is -0.155. The molecule has 2 heterocycles. The van der Waals surface area contributed by atoms with Crippen LogP contribution >= 0.6 is 11.8 Å². The second-order valence-electron chi connectivity index (χ2n) is 7.98. The van der Waals surface area contributed by atoms with Crippen LogP contribution in [-0.4, -0.2) is 27.0 Å². The van der Waals surface area contributed by atoms with Crippen LogP contribution in [0.5, 0.6) is 0 Å². The minimum Gasteiger partial charge on any atom is -0.459 e. The van der Waals surface area contributed by atoms with E-state index in [9.17, 15) is 9.59 Å². The number of thioether (sulfide) groups is 1. The highest BCUT2D eigenvalue weighted by atomic mass is 32.2. The van der Waals surface area contributed by atoms with Gasteiger partial charge in [0, 0.05) is 16.7 Å². The van der Waals surface area contributed by atoms with Gasteiger partial charge in [-0.3, -0.25) is 9.59 Å². The van der Waals surface area contributed by atoms with Gasteiger partial charge in [-0.05, 0) is 56.0 Å². The molecule has 4 rings (SSSR count). The number of esters is 1. The van der Waals surface area contributed by atoms with Gasteiger partial charge >= 0.3 is 5.97 Å². The maximum atomic E-state index is 12.7. The molecule has 1 aromatic heterocycles. The molecule has 0 saturated heterocycles. The first-order valence-corrected chi connectivity index (χ1v) is 10.4. The zero-order valence-corrected chi connectivity index (χ0v) is 17.1. The first-order valence-electron chi connectivity index (χ1n) is 9.43. The van der Waals surface area contributed by atoms with E-state index in [4.69, 9.17) is 4.74 Å². The standard InChI is InChI=1S/C23H23NO3S/c1-23(2,3)27-20(25)14-24-19-10-9-16(15-7-5-4-6-8-15)13-18(19)17-11-12-28-22(26)21(17)24/h4-10,13H,11-12,14H2,1-3H3. The molecule has 0 N–H and O–H groups in total. The quantitative estimate of drug-likeness (QED) is 0.582. The topological polar surface area (TPSA) is 48.3 Å². The first kappa shape index (κ1) is 18.8. The lowest BCUT2D eigenvalue weighted by atomic mass is 10.0. The minimum absolute atomic E-state index is 0.0299. The summed E-state index contributed by atoms with van der Waals surface area (Å²) in [6.45, 7) is 5.59. The number of ether oxygens (including phenoxy) is 1. The van der Waals surface area contributed by atoms with Crippen molar-refractivity contribution in [2.45, 2.75) is 39.3 Å². The molecule has 0 bridgehead atoms. The van der Waals surface area contributed by atoms with E-state index in [1.807, 2.05) is 55.7 Å². The number of hydrogen-bond donors (Lipinski definition) is 0. The van der Waals surface area contributed by atoms with Crippen LogP contribution in [-0.2, 0) is 22.5 Å². The molecule has 0 amide bonds. The Morgan fingerprint density at radius 3 is 2.57 bits per heavy atom. The van der Waals surface area contributed by atoms with Crippen LogP contribution < -0.4 is 0 Å². The second-order valence-corrected chi connectivity index (χ2v) is 9.05. The van der Waals surface area contributed by atoms with E-state index < -0.39 is 5.60 Å². The normalized spacial score (nSPS) is 14.2. The summed E-state index contributed by atoms with van der Waals surface area (Å²) < 4.78 is 7.34. The summed E-state index contributed by atoms with van der Waals surface area (Å²) in [6.07, 6.45) is 0.821. The van der Waals surface area contributed by atoms with Gasteiger partial charge in [0.25, 0.3) is 0 Å². The first-order chi connectivity index (χ1) is 13.3. The molecule has 5 heteroatoms. The van der Waals surface area contributed by atoms with E-state index in [0.717, 1.165) is 39.8 Å². The third-order valence-corrected chi connectivity index (χ3v) is 5.62. The van der Waals surface area contributed by atoms with Crippen molar-refractivity contribution in [2.75, 3.05) is 5.75 Å². The lowest BCUT2D eigenvalue weighted by Gasteiger charge is -2.20. The van der Waals surface area contributed by atoms with Crippen molar-refractivity contribution >= 4 is 33.7 Å². The van der Waals surface area contributed by atoms with Crippen molar-refractivity contribution in [1.82, 2.24) is 4.57 Å². The van der Waals surface area contributed by atoms with Crippen molar-refractivity contribution in [3.8, 4) is 11.1 Å². The number of hydrogen-bond acceptors (Lipinski definition) is 4. The number of benzene rings is 2. The molecule has 3 aromatic rings. The minimum atomic E-state index is -0.556. The molecule has 0 radical (unpaired) electrons. The molecule has 4 nitrogen and oxygen atoms in total. The Morgan fingerprint density at radius 2 is 1.86 bits per heavy atom. The molecule has 28 heavy (non-hydrogen) atoms. The number of carbonyl (C=O) groups excluding carboxylic acids is 2. The summed E-state index contributed by atoms with van der Waals surface area (Å²) in [6, 6.07) is 16.4. The predicted molar refractivity (Wildman–Crippen MR) is 114 cm³/mol. The van der Waals surface area contributed by atoms with Crippen LogP contribution in [0.3, 0.4) is 0 Å². The molecule has 1 aliphatic heterocycles. The Balaban J connectivity index is 1.84. The Morgan fingerprint density at radius 1 is 1.11 bits per heavy atom. The molecule has 0 spiro atoms. The Labute approximate surface area is 168 Å². The number of aryl methyl sites for hydroxylation is 1. The Hall–Kier alpha value is -2.53. The SMILES string of the molecule is CC(C)(C)OC(=O)Cn1c2c(c3cc(-c4ccccc4)ccc31)CCSC2=O. The highest BCUT2D eigenvalue weighted by molar-refractivity contribution is 8.14. The largest absolute Gasteiger partial charge is 0.459 e. The molecule has 1 aliphatic rings. The monoisotopic (exact) mass is 393 g/mol. The van der Waals surface area contributed by atoms with E-state index in [1.165, 1.54) is 11.8 Å². The van der Waals surface area contributed by atoms with E-state index in [0.29, 0.717) is 5.69 Å². The third kappa shape index (κ3) is 3.59. The van der Waals surface area contributed by atoms with Gasteiger partial charge in [-0.15, -0.1) is 0 Å². The fraction of sp³-hybridized carbons (Fsp3) is 0.304. The lowest BCUT2D eigenvalue weighted by Crippen LogP contribution is -2.27. The average molecular weight is 394 g/mol. The number of rotatable bonds is 3. The van der Waals surface area contributed by atoms with E-state index in [-0.39, 0.29) is 17.6 Å². The maximum Gasteiger partial charge on any atom is 0.326 e. The molecular formula is C23H23NO3S. The summed E-state index contributed by atoms with van der Waals surface area (Å²) in [5.74, 6) is 0.440. The van der Waals surface area contributed by atoms with Crippen molar-refractivity contribution in [3.05, 3.63) is 59.8 Å². The van der Waals surface area contributed by atoms with Crippen LogP contribution in [0.1, 0.15) is 36.8 Å². The predicted octanol–water partition coefficient (Wildman–Crippen LogP) is 5.08. The number of aromatic nitrogens is 1. The fourth-order valence-corrected chi connectivity index (χ4v) is 4.56. The van der Waals surface area contributed by atoms with Crippen LogP contribution in [0.2, 0.25) is 0 Å². The van der Waals surface area contributed by atoms with Gasteiger partial charge in [-0.25, -0.2) is 0 Å². The zero-order valence-electron chi connectivity index (χ0n) is 16.3. The molecule has 2 aromatic carbocycles. The highest BCUT2D eigenvalue weighted by Crippen LogP contribution is 2.36. The second kappa shape index (κ2) is 7.13. The van der Waals surface area contributed by atoms with Gasteiger partial charge in [0.1, 0.15) is 17.8 Å². The summed E-state index contributed by atoms with van der Waals surface area (Å²) in [5.41, 5.74) is 4.28. The van der Waals surface area contributed by atoms with E-state index >= 15 is 0 Å². The number of carbonyl (C=O) groups is 2. The molecule has 0 saturated carbocycles. The zero-order chi connectivity index (χ0) is 19.9. The van der Waals surface area contributed by atoms with Gasteiger partial charge in [0.05, 0.1) is 0 Å². The van der Waals surface area contributed by atoms with Gasteiger partial charge < -0.3 is 9.30 Å². The molecular weight excluding hydrogens is 370 g/mol. The van der Waals surface area contributed by atoms with E-state index in [1.54, 1.807) is 0 Å². The van der Waals surface area contributed by atoms with Gasteiger partial charge in [-0.1, -0.05) is 48.2 Å². The molecule has 144 valence electrons. The summed E-state index contributed by atoms with van der Waals surface area (Å²) in [4.78, 5) is 25.2. The highest BCUT2D eigenvalue weighted by Gasteiger charge is 2.28. The van der Waals surface area contributed by atoms with Crippen molar-refractivity contribution < 1.29 is 14.3 Å². The third-order valence-electron chi connectivity index (χ3n) is 4.76. The van der Waals surface area contributed by atoms with Crippen molar-refractivity contribution in [1.29, 1.82) is 0 Å². The summed E-state index contributed by atoms with van der Waals surface area (Å²) in [5, 5.41) is 1.08. The van der Waals surface area contributed by atoms with Gasteiger partial charge in [0.15, 0.2) is 0 Å². The van der Waals surface area contributed by atoms with Crippen LogP contribution in [0, 0.1) is 0 Å². The molecule has 0 unspecified atom stereocenters. The molecule has 0 atom stereocenters. The van der Waals surface area contributed by atoms with Crippen molar-refractivity contribution in [2.24, 2.45) is 0 Å². The van der Waals surface area contributed by atoms with Crippen LogP contribution in [0.15, 0.2) is 48.5 Å².